The summed E-state index contributed by atoms with van der Waals surface area (Å²) in [7, 11) is 0. The highest BCUT2D eigenvalue weighted by Gasteiger charge is 2.58. The lowest BCUT2D eigenvalue weighted by Crippen LogP contribution is -2.66. The summed E-state index contributed by atoms with van der Waals surface area (Å²) < 4.78 is 5.36. The van der Waals surface area contributed by atoms with Gasteiger partial charge < -0.3 is 21.1 Å². The Bertz CT molecular complexity index is 645. The molecule has 2 aliphatic carbocycles. The molecule has 1 aromatic rings. The number of nitrogens with two attached hydrogens (primary N) is 2. The van der Waals surface area contributed by atoms with Crippen LogP contribution in [0.2, 0.25) is 0 Å². The lowest BCUT2D eigenvalue weighted by atomic mass is 9.46. The predicted octanol–water partition coefficient (Wildman–Crippen LogP) is 1.89. The minimum atomic E-state index is -0.124. The molecule has 23 heavy (non-hydrogen) atoms. The summed E-state index contributed by atoms with van der Waals surface area (Å²) in [5.41, 5.74) is 17.5. The number of aryl methyl sites for hydroxylation is 1. The van der Waals surface area contributed by atoms with E-state index < -0.39 is 0 Å². The van der Waals surface area contributed by atoms with E-state index in [0.29, 0.717) is 16.9 Å². The van der Waals surface area contributed by atoms with Crippen molar-refractivity contribution >= 4 is 5.69 Å². The number of anilines is 1. The van der Waals surface area contributed by atoms with Crippen molar-refractivity contribution in [3.63, 3.8) is 0 Å². The van der Waals surface area contributed by atoms with Crippen LogP contribution in [0, 0.1) is 17.8 Å². The zero-order valence-electron chi connectivity index (χ0n) is 14.0. The first-order valence-electron chi connectivity index (χ1n) is 8.90. The summed E-state index contributed by atoms with van der Waals surface area (Å²) in [6, 6.07) is 7.28. The molecule has 2 aliphatic heterocycles. The maximum Gasteiger partial charge on any atom is 0.0579 e. The van der Waals surface area contributed by atoms with Crippen LogP contribution in [-0.4, -0.2) is 32.3 Å². The maximum absolute atomic E-state index is 6.73. The molecule has 4 nitrogen and oxygen atoms in total. The highest BCUT2D eigenvalue weighted by molar-refractivity contribution is 5.55. The number of benzene rings is 1. The zero-order chi connectivity index (χ0) is 15.9. The molecule has 2 spiro atoms. The molecule has 0 unspecified atom stereocenters. The molecule has 0 atom stereocenters. The van der Waals surface area contributed by atoms with E-state index in [1.165, 1.54) is 29.7 Å². The second-order valence-corrected chi connectivity index (χ2v) is 9.03. The fourth-order valence-corrected chi connectivity index (χ4v) is 5.74. The van der Waals surface area contributed by atoms with Gasteiger partial charge in [-0.15, -0.1) is 0 Å². The maximum atomic E-state index is 6.73. The van der Waals surface area contributed by atoms with Gasteiger partial charge in [-0.05, 0) is 61.3 Å². The fourth-order valence-electron chi connectivity index (χ4n) is 5.74. The van der Waals surface area contributed by atoms with Crippen molar-refractivity contribution in [2.24, 2.45) is 22.3 Å². The lowest BCUT2D eigenvalue weighted by molar-refractivity contribution is -0.127. The Hall–Kier alpha value is -1.10. The van der Waals surface area contributed by atoms with Gasteiger partial charge in [-0.2, -0.15) is 0 Å². The van der Waals surface area contributed by atoms with Gasteiger partial charge in [0.1, 0.15) is 0 Å². The molecule has 124 valence electrons. The van der Waals surface area contributed by atoms with Crippen LogP contribution < -0.4 is 16.4 Å². The van der Waals surface area contributed by atoms with Gasteiger partial charge in [-0.1, -0.05) is 6.07 Å². The number of ether oxygens (including phenoxy) is 1. The molecule has 2 heterocycles. The van der Waals surface area contributed by atoms with Crippen LogP contribution in [0.1, 0.15) is 36.8 Å². The molecule has 4 N–H and O–H groups in total. The predicted molar refractivity (Wildman–Crippen MR) is 91.4 cm³/mol. The van der Waals surface area contributed by atoms with Gasteiger partial charge >= 0.3 is 0 Å². The Labute approximate surface area is 138 Å². The van der Waals surface area contributed by atoms with E-state index in [4.69, 9.17) is 16.2 Å². The normalized spacial score (nSPS) is 40.3. The minimum absolute atomic E-state index is 0.124. The first-order valence-corrected chi connectivity index (χ1v) is 8.90. The van der Waals surface area contributed by atoms with Gasteiger partial charge in [-0.3, -0.25) is 0 Å². The SMILES string of the molecule is Cc1cc(N2CC3(COC3)C2)ccc1C1(N)CC2(CC(N)C2)C1. The first-order chi connectivity index (χ1) is 10.9. The van der Waals surface area contributed by atoms with Crippen molar-refractivity contribution in [2.75, 3.05) is 31.2 Å². The second-order valence-electron chi connectivity index (χ2n) is 9.03. The molecule has 2 saturated carbocycles. The third kappa shape index (κ3) is 1.95. The van der Waals surface area contributed by atoms with Crippen LogP contribution in [0.4, 0.5) is 5.69 Å². The quantitative estimate of drug-likeness (QED) is 0.875. The van der Waals surface area contributed by atoms with Gasteiger partial charge in [0.15, 0.2) is 0 Å². The Kier molecular flexibility index (Phi) is 2.66. The lowest BCUT2D eigenvalue weighted by Gasteiger charge is -2.62. The summed E-state index contributed by atoms with van der Waals surface area (Å²) in [5.74, 6) is 0. The highest BCUT2D eigenvalue weighted by atomic mass is 16.5. The van der Waals surface area contributed by atoms with Crippen molar-refractivity contribution in [3.8, 4) is 0 Å². The molecule has 2 saturated heterocycles. The molecule has 0 amide bonds. The molecule has 0 aromatic heterocycles. The molecule has 0 radical (unpaired) electrons. The van der Waals surface area contributed by atoms with Crippen molar-refractivity contribution < 1.29 is 4.74 Å². The summed E-state index contributed by atoms with van der Waals surface area (Å²) in [6.45, 7) is 6.38. The molecule has 4 heteroatoms. The van der Waals surface area contributed by atoms with E-state index in [2.05, 4.69) is 30.0 Å². The molecule has 4 fully saturated rings. The van der Waals surface area contributed by atoms with E-state index in [1.54, 1.807) is 0 Å². The standard InChI is InChI=1S/C19H27N3O/c1-13-4-15(22-9-18(10-22)11-23-12-18)2-3-16(13)19(21)7-17(8-19)5-14(20)6-17/h2-4,14H,5-12,20-21H2,1H3. The van der Waals surface area contributed by atoms with Gasteiger partial charge in [0, 0.05) is 30.4 Å². The highest BCUT2D eigenvalue weighted by Crippen LogP contribution is 2.62. The van der Waals surface area contributed by atoms with Crippen LogP contribution in [-0.2, 0) is 10.3 Å². The second kappa shape index (κ2) is 4.29. The molecule has 5 rings (SSSR count). The third-order valence-corrected chi connectivity index (χ3v) is 6.75. The fraction of sp³-hybridized carbons (Fsp3) is 0.684. The summed E-state index contributed by atoms with van der Waals surface area (Å²) >= 11 is 0. The Balaban J connectivity index is 1.31. The van der Waals surface area contributed by atoms with Crippen LogP contribution >= 0.6 is 0 Å². The largest absolute Gasteiger partial charge is 0.380 e. The zero-order valence-corrected chi connectivity index (χ0v) is 14.0. The number of hydrogen-bond donors (Lipinski definition) is 2. The van der Waals surface area contributed by atoms with Gasteiger partial charge in [0.2, 0.25) is 0 Å². The van der Waals surface area contributed by atoms with Gasteiger partial charge in [-0.25, -0.2) is 0 Å². The molecule has 4 aliphatic rings. The van der Waals surface area contributed by atoms with Crippen molar-refractivity contribution in [2.45, 2.75) is 44.2 Å². The van der Waals surface area contributed by atoms with Gasteiger partial charge in [0.25, 0.3) is 0 Å². The smallest absolute Gasteiger partial charge is 0.0579 e. The Morgan fingerprint density at radius 2 is 1.83 bits per heavy atom. The van der Waals surface area contributed by atoms with Crippen LogP contribution in [0.25, 0.3) is 0 Å². The molecular formula is C19H27N3O. The topological polar surface area (TPSA) is 64.5 Å². The van der Waals surface area contributed by atoms with Crippen molar-refractivity contribution in [1.29, 1.82) is 0 Å². The van der Waals surface area contributed by atoms with E-state index >= 15 is 0 Å². The number of nitrogens with zero attached hydrogens (tertiary/aromatic N) is 1. The summed E-state index contributed by atoms with van der Waals surface area (Å²) in [4.78, 5) is 2.47. The van der Waals surface area contributed by atoms with E-state index in [1.807, 2.05) is 0 Å². The van der Waals surface area contributed by atoms with E-state index in [0.717, 1.165) is 39.1 Å². The average molecular weight is 313 g/mol. The Morgan fingerprint density at radius 3 is 2.35 bits per heavy atom. The number of hydrogen-bond acceptors (Lipinski definition) is 4. The summed E-state index contributed by atoms with van der Waals surface area (Å²) in [5, 5.41) is 0. The summed E-state index contributed by atoms with van der Waals surface area (Å²) in [6.07, 6.45) is 4.55. The first kappa shape index (κ1) is 14.3. The van der Waals surface area contributed by atoms with Crippen LogP contribution in [0.15, 0.2) is 18.2 Å². The van der Waals surface area contributed by atoms with E-state index in [-0.39, 0.29) is 5.54 Å². The minimum Gasteiger partial charge on any atom is -0.380 e. The average Bonchev–Trinajstić information content (AvgIpc) is 2.31. The van der Waals surface area contributed by atoms with Gasteiger partial charge in [0.05, 0.1) is 18.6 Å². The molecular weight excluding hydrogens is 286 g/mol. The Morgan fingerprint density at radius 1 is 1.13 bits per heavy atom. The third-order valence-electron chi connectivity index (χ3n) is 6.75. The van der Waals surface area contributed by atoms with Crippen LogP contribution in [0.3, 0.4) is 0 Å². The number of rotatable bonds is 2. The monoisotopic (exact) mass is 313 g/mol. The van der Waals surface area contributed by atoms with Crippen molar-refractivity contribution in [1.82, 2.24) is 0 Å². The van der Waals surface area contributed by atoms with Crippen LogP contribution in [0.5, 0.6) is 0 Å². The van der Waals surface area contributed by atoms with E-state index in [9.17, 15) is 0 Å². The molecule has 0 bridgehead atoms. The molecule has 1 aromatic carbocycles. The van der Waals surface area contributed by atoms with Crippen molar-refractivity contribution in [3.05, 3.63) is 29.3 Å².